The van der Waals surface area contributed by atoms with Crippen molar-refractivity contribution >= 4 is 23.2 Å². The number of rotatable bonds is 5. The van der Waals surface area contributed by atoms with Crippen LogP contribution in [0.5, 0.6) is 5.75 Å². The summed E-state index contributed by atoms with van der Waals surface area (Å²) < 4.78 is 6.49. The Bertz CT molecular complexity index is 859. The highest BCUT2D eigenvalue weighted by atomic mass is 35.5. The van der Waals surface area contributed by atoms with E-state index in [1.165, 1.54) is 6.07 Å². The van der Waals surface area contributed by atoms with Gasteiger partial charge in [0.15, 0.2) is 0 Å². The number of aliphatic hydroxyl groups is 1. The van der Waals surface area contributed by atoms with Crippen LogP contribution in [0.3, 0.4) is 0 Å². The standard InChI is InChI=1S/C16H15Cl2N3O3/c1-9-10(2)20-21(16(23)13(9)6-19)7-12(22)8-24-15-5-11(17)3-4-14(15)18/h3-5,12,22H,7-8H2,1-2H3/t12-/m1/s1. The summed E-state index contributed by atoms with van der Waals surface area (Å²) in [5.74, 6) is 0.335. The Hall–Kier alpha value is -2.07. The summed E-state index contributed by atoms with van der Waals surface area (Å²) in [6.45, 7) is 3.14. The molecule has 1 atom stereocenters. The Balaban J connectivity index is 2.12. The van der Waals surface area contributed by atoms with Crippen LogP contribution in [-0.2, 0) is 6.54 Å². The first-order chi connectivity index (χ1) is 11.3. The Morgan fingerprint density at radius 3 is 2.79 bits per heavy atom. The average Bonchev–Trinajstić information content (AvgIpc) is 2.54. The molecule has 0 amide bonds. The predicted octanol–water partition coefficient (Wildman–Crippen LogP) is 2.48. The van der Waals surface area contributed by atoms with Gasteiger partial charge < -0.3 is 9.84 Å². The van der Waals surface area contributed by atoms with Gasteiger partial charge in [-0.25, -0.2) is 4.68 Å². The second kappa shape index (κ2) is 7.67. The summed E-state index contributed by atoms with van der Waals surface area (Å²) in [5, 5.41) is 24.1. The van der Waals surface area contributed by atoms with E-state index in [4.69, 9.17) is 33.2 Å². The van der Waals surface area contributed by atoms with Crippen molar-refractivity contribution in [2.45, 2.75) is 26.5 Å². The number of nitrogens with zero attached hydrogens (tertiary/aromatic N) is 3. The zero-order valence-corrected chi connectivity index (χ0v) is 14.6. The zero-order valence-electron chi connectivity index (χ0n) is 13.1. The molecule has 0 saturated carbocycles. The van der Waals surface area contributed by atoms with Crippen LogP contribution in [-0.4, -0.2) is 27.6 Å². The molecular weight excluding hydrogens is 353 g/mol. The number of benzene rings is 1. The van der Waals surface area contributed by atoms with E-state index in [0.29, 0.717) is 27.1 Å². The van der Waals surface area contributed by atoms with Gasteiger partial charge in [0.05, 0.1) is 17.3 Å². The maximum absolute atomic E-state index is 12.2. The van der Waals surface area contributed by atoms with Crippen LogP contribution >= 0.6 is 23.2 Å². The molecule has 1 N–H and O–H groups in total. The van der Waals surface area contributed by atoms with Gasteiger partial charge in [0, 0.05) is 11.1 Å². The third kappa shape index (κ3) is 4.06. The largest absolute Gasteiger partial charge is 0.489 e. The number of aromatic nitrogens is 2. The van der Waals surface area contributed by atoms with Crippen LogP contribution in [0.25, 0.3) is 0 Å². The first kappa shape index (κ1) is 18.3. The van der Waals surface area contributed by atoms with E-state index in [0.717, 1.165) is 4.68 Å². The average molecular weight is 368 g/mol. The van der Waals surface area contributed by atoms with Gasteiger partial charge in [0.25, 0.3) is 5.56 Å². The molecule has 0 aliphatic carbocycles. The van der Waals surface area contributed by atoms with Crippen molar-refractivity contribution in [3.63, 3.8) is 0 Å². The van der Waals surface area contributed by atoms with Gasteiger partial charge in [0.2, 0.25) is 0 Å². The van der Waals surface area contributed by atoms with Crippen molar-refractivity contribution < 1.29 is 9.84 Å². The summed E-state index contributed by atoms with van der Waals surface area (Å²) in [6, 6.07) is 6.61. The number of aryl methyl sites for hydroxylation is 1. The van der Waals surface area contributed by atoms with E-state index in [1.54, 1.807) is 26.0 Å². The smallest absolute Gasteiger partial charge is 0.285 e. The topological polar surface area (TPSA) is 88.1 Å². The monoisotopic (exact) mass is 367 g/mol. The van der Waals surface area contributed by atoms with Gasteiger partial charge in [-0.2, -0.15) is 10.4 Å². The third-order valence-corrected chi connectivity index (χ3v) is 4.00. The highest BCUT2D eigenvalue weighted by Gasteiger charge is 2.15. The molecule has 1 aromatic carbocycles. The van der Waals surface area contributed by atoms with Crippen LogP contribution in [0.15, 0.2) is 23.0 Å². The zero-order chi connectivity index (χ0) is 17.9. The fraction of sp³-hybridized carbons (Fsp3) is 0.312. The number of hydrogen-bond acceptors (Lipinski definition) is 5. The summed E-state index contributed by atoms with van der Waals surface area (Å²) in [6.07, 6.45) is -1.01. The van der Waals surface area contributed by atoms with E-state index in [2.05, 4.69) is 5.10 Å². The number of halogens is 2. The van der Waals surface area contributed by atoms with Gasteiger partial charge in [-0.1, -0.05) is 23.2 Å². The molecule has 1 heterocycles. The second-order valence-corrected chi connectivity index (χ2v) is 6.07. The van der Waals surface area contributed by atoms with Gasteiger partial charge in [-0.15, -0.1) is 0 Å². The Morgan fingerprint density at radius 2 is 2.12 bits per heavy atom. The molecule has 0 aliphatic rings. The molecule has 0 fully saturated rings. The predicted molar refractivity (Wildman–Crippen MR) is 90.6 cm³/mol. The molecule has 2 rings (SSSR count). The van der Waals surface area contributed by atoms with E-state index in [9.17, 15) is 9.90 Å². The van der Waals surface area contributed by atoms with Crippen LogP contribution in [0.4, 0.5) is 0 Å². The summed E-state index contributed by atoms with van der Waals surface area (Å²) in [7, 11) is 0. The molecule has 0 spiro atoms. The SMILES string of the molecule is Cc1nn(C[C@@H](O)COc2cc(Cl)ccc2Cl)c(=O)c(C#N)c1C. The molecule has 0 aliphatic heterocycles. The molecule has 8 heteroatoms. The van der Waals surface area contributed by atoms with Crippen molar-refractivity contribution in [3.8, 4) is 11.8 Å². The van der Waals surface area contributed by atoms with Crippen molar-refractivity contribution in [2.24, 2.45) is 0 Å². The first-order valence-corrected chi connectivity index (χ1v) is 7.83. The van der Waals surface area contributed by atoms with Crippen molar-refractivity contribution in [1.82, 2.24) is 9.78 Å². The minimum absolute atomic E-state index is 0.0218. The maximum Gasteiger partial charge on any atom is 0.285 e. The molecule has 2 aromatic rings. The van der Waals surface area contributed by atoms with Crippen molar-refractivity contribution in [2.75, 3.05) is 6.61 Å². The lowest BCUT2D eigenvalue weighted by Crippen LogP contribution is -2.34. The lowest BCUT2D eigenvalue weighted by Gasteiger charge is -2.15. The Kier molecular flexibility index (Phi) is 5.84. The Labute approximate surface area is 148 Å². The molecule has 126 valence electrons. The van der Waals surface area contributed by atoms with Gasteiger partial charge in [0.1, 0.15) is 30.1 Å². The van der Waals surface area contributed by atoms with E-state index < -0.39 is 11.7 Å². The molecule has 0 saturated heterocycles. The summed E-state index contributed by atoms with van der Waals surface area (Å²) in [5.41, 5.74) is 0.571. The number of aliphatic hydroxyl groups excluding tert-OH is 1. The van der Waals surface area contributed by atoms with E-state index in [-0.39, 0.29) is 18.7 Å². The number of ether oxygens (including phenoxy) is 1. The summed E-state index contributed by atoms with van der Waals surface area (Å²) >= 11 is 11.8. The third-order valence-electron chi connectivity index (χ3n) is 3.46. The van der Waals surface area contributed by atoms with E-state index >= 15 is 0 Å². The fourth-order valence-corrected chi connectivity index (χ4v) is 2.39. The lowest BCUT2D eigenvalue weighted by molar-refractivity contribution is 0.0878. The van der Waals surface area contributed by atoms with Gasteiger partial charge >= 0.3 is 0 Å². The molecule has 1 aromatic heterocycles. The minimum atomic E-state index is -1.01. The minimum Gasteiger partial charge on any atom is -0.489 e. The summed E-state index contributed by atoms with van der Waals surface area (Å²) in [4.78, 5) is 12.2. The first-order valence-electron chi connectivity index (χ1n) is 7.07. The van der Waals surface area contributed by atoms with E-state index in [1.807, 2.05) is 6.07 Å². The normalized spacial score (nSPS) is 11.8. The number of hydrogen-bond donors (Lipinski definition) is 1. The molecule has 0 radical (unpaired) electrons. The highest BCUT2D eigenvalue weighted by Crippen LogP contribution is 2.27. The van der Waals surface area contributed by atoms with Gasteiger partial charge in [-0.3, -0.25) is 4.79 Å². The lowest BCUT2D eigenvalue weighted by atomic mass is 10.1. The van der Waals surface area contributed by atoms with Crippen molar-refractivity contribution in [1.29, 1.82) is 5.26 Å². The maximum atomic E-state index is 12.2. The van der Waals surface area contributed by atoms with Crippen LogP contribution in [0.1, 0.15) is 16.8 Å². The molecule has 24 heavy (non-hydrogen) atoms. The van der Waals surface area contributed by atoms with Crippen molar-refractivity contribution in [3.05, 3.63) is 55.4 Å². The number of nitriles is 1. The molecule has 6 nitrogen and oxygen atoms in total. The fourth-order valence-electron chi connectivity index (χ4n) is 2.05. The quantitative estimate of drug-likeness (QED) is 0.876. The molecular formula is C16H15Cl2N3O3. The van der Waals surface area contributed by atoms with Crippen LogP contribution < -0.4 is 10.3 Å². The molecule has 0 bridgehead atoms. The molecule has 0 unspecified atom stereocenters. The van der Waals surface area contributed by atoms with Crippen LogP contribution in [0.2, 0.25) is 10.0 Å². The Morgan fingerprint density at radius 1 is 1.42 bits per heavy atom. The second-order valence-electron chi connectivity index (χ2n) is 5.22. The highest BCUT2D eigenvalue weighted by molar-refractivity contribution is 6.34. The van der Waals surface area contributed by atoms with Crippen LogP contribution in [0, 0.1) is 25.2 Å². The van der Waals surface area contributed by atoms with Gasteiger partial charge in [-0.05, 0) is 31.5 Å².